The predicted molar refractivity (Wildman–Crippen MR) is 49.7 cm³/mol. The Kier molecular flexibility index (Phi) is 3.69. The predicted octanol–water partition coefficient (Wildman–Crippen LogP) is 0.652. The molecule has 1 rings (SSSR count). The van der Waals surface area contributed by atoms with Crippen LogP contribution in [-0.2, 0) is 0 Å². The lowest BCUT2D eigenvalue weighted by molar-refractivity contribution is 0.236. The van der Waals surface area contributed by atoms with Crippen molar-refractivity contribution in [3.63, 3.8) is 0 Å². The zero-order chi connectivity index (χ0) is 8.27. The molecule has 1 saturated carbocycles. The highest BCUT2D eigenvalue weighted by molar-refractivity contribution is 7.80. The van der Waals surface area contributed by atoms with Crippen molar-refractivity contribution in [1.82, 2.24) is 0 Å². The van der Waals surface area contributed by atoms with Crippen molar-refractivity contribution in [3.8, 4) is 0 Å². The van der Waals surface area contributed by atoms with Crippen LogP contribution in [0.3, 0.4) is 0 Å². The van der Waals surface area contributed by atoms with Crippen LogP contribution in [0, 0.1) is 11.8 Å². The van der Waals surface area contributed by atoms with Crippen molar-refractivity contribution >= 4 is 12.6 Å². The summed E-state index contributed by atoms with van der Waals surface area (Å²) in [5, 5.41) is 9.27. The van der Waals surface area contributed by atoms with E-state index in [1.165, 1.54) is 0 Å². The molecule has 1 aliphatic rings. The van der Waals surface area contributed by atoms with Crippen LogP contribution in [0.5, 0.6) is 0 Å². The van der Waals surface area contributed by atoms with E-state index in [0.29, 0.717) is 23.7 Å². The van der Waals surface area contributed by atoms with Gasteiger partial charge >= 0.3 is 0 Å². The van der Waals surface area contributed by atoms with Gasteiger partial charge in [-0.05, 0) is 37.6 Å². The second-order valence-electron chi connectivity index (χ2n) is 3.39. The fourth-order valence-electron chi connectivity index (χ4n) is 1.99. The molecule has 3 atom stereocenters. The second-order valence-corrected chi connectivity index (χ2v) is 4.12. The molecule has 1 fully saturated rings. The summed E-state index contributed by atoms with van der Waals surface area (Å²) in [5.74, 6) is 1.22. The SMILES string of the molecule is NCC1CC(S)CC1CCO. The molecule has 1 aliphatic carbocycles. The van der Waals surface area contributed by atoms with E-state index in [-0.39, 0.29) is 0 Å². The lowest BCUT2D eigenvalue weighted by atomic mass is 9.93. The lowest BCUT2D eigenvalue weighted by Gasteiger charge is -2.15. The van der Waals surface area contributed by atoms with Crippen molar-refractivity contribution in [3.05, 3.63) is 0 Å². The molecule has 0 saturated heterocycles. The quantitative estimate of drug-likeness (QED) is 0.552. The molecule has 0 radical (unpaired) electrons. The van der Waals surface area contributed by atoms with Gasteiger partial charge in [-0.2, -0.15) is 12.6 Å². The molecule has 0 aromatic heterocycles. The Balaban J connectivity index is 2.37. The third kappa shape index (κ3) is 2.36. The van der Waals surface area contributed by atoms with Crippen molar-refractivity contribution in [2.45, 2.75) is 24.5 Å². The smallest absolute Gasteiger partial charge is 0.0433 e. The minimum absolute atomic E-state index is 0.293. The summed E-state index contributed by atoms with van der Waals surface area (Å²) in [6.45, 7) is 1.05. The summed E-state index contributed by atoms with van der Waals surface area (Å²) in [4.78, 5) is 0. The number of hydrogen-bond acceptors (Lipinski definition) is 3. The first-order valence-corrected chi connectivity index (χ1v) is 4.78. The monoisotopic (exact) mass is 175 g/mol. The maximum Gasteiger partial charge on any atom is 0.0433 e. The summed E-state index contributed by atoms with van der Waals surface area (Å²) in [7, 11) is 0. The Bertz CT molecular complexity index is 121. The number of thiol groups is 1. The van der Waals surface area contributed by atoms with Crippen LogP contribution in [0.25, 0.3) is 0 Å². The van der Waals surface area contributed by atoms with Gasteiger partial charge in [0.2, 0.25) is 0 Å². The number of aliphatic hydroxyl groups is 1. The van der Waals surface area contributed by atoms with E-state index in [0.717, 1.165) is 25.8 Å². The van der Waals surface area contributed by atoms with Gasteiger partial charge in [0.05, 0.1) is 0 Å². The van der Waals surface area contributed by atoms with Gasteiger partial charge in [0.1, 0.15) is 0 Å². The number of hydrogen-bond donors (Lipinski definition) is 3. The Hall–Kier alpha value is 0.270. The molecular weight excluding hydrogens is 158 g/mol. The highest BCUT2D eigenvalue weighted by atomic mass is 32.1. The average molecular weight is 175 g/mol. The lowest BCUT2D eigenvalue weighted by Crippen LogP contribution is -2.19. The number of rotatable bonds is 3. The van der Waals surface area contributed by atoms with Crippen LogP contribution in [0.15, 0.2) is 0 Å². The Morgan fingerprint density at radius 2 is 2.00 bits per heavy atom. The van der Waals surface area contributed by atoms with Crippen LogP contribution in [-0.4, -0.2) is 23.5 Å². The van der Waals surface area contributed by atoms with Crippen LogP contribution < -0.4 is 5.73 Å². The molecule has 0 aromatic carbocycles. The molecule has 0 bridgehead atoms. The van der Waals surface area contributed by atoms with Gasteiger partial charge in [-0.3, -0.25) is 0 Å². The highest BCUT2D eigenvalue weighted by Crippen LogP contribution is 2.36. The van der Waals surface area contributed by atoms with E-state index in [9.17, 15) is 0 Å². The van der Waals surface area contributed by atoms with Gasteiger partial charge in [0, 0.05) is 11.9 Å². The summed E-state index contributed by atoms with van der Waals surface area (Å²) in [6.07, 6.45) is 3.16. The van der Waals surface area contributed by atoms with Crippen LogP contribution in [0.2, 0.25) is 0 Å². The van der Waals surface area contributed by atoms with Crippen LogP contribution in [0.4, 0.5) is 0 Å². The molecule has 3 N–H and O–H groups in total. The zero-order valence-electron chi connectivity index (χ0n) is 6.74. The molecule has 0 heterocycles. The molecule has 0 spiro atoms. The molecule has 0 aliphatic heterocycles. The molecule has 0 aromatic rings. The van der Waals surface area contributed by atoms with Crippen molar-refractivity contribution in [1.29, 1.82) is 0 Å². The molecule has 2 nitrogen and oxygen atoms in total. The maximum absolute atomic E-state index is 8.76. The summed E-state index contributed by atoms with van der Waals surface area (Å²) < 4.78 is 0. The van der Waals surface area contributed by atoms with Gasteiger partial charge in [-0.25, -0.2) is 0 Å². The standard InChI is InChI=1S/C8H17NOS/c9-5-7-4-8(11)3-6(7)1-2-10/h6-8,10-11H,1-5,9H2. The molecule has 11 heavy (non-hydrogen) atoms. The second kappa shape index (κ2) is 4.33. The van der Waals surface area contributed by atoms with Crippen molar-refractivity contribution in [2.24, 2.45) is 17.6 Å². The van der Waals surface area contributed by atoms with E-state index < -0.39 is 0 Å². The minimum atomic E-state index is 0.293. The molecule has 0 amide bonds. The Morgan fingerprint density at radius 1 is 1.36 bits per heavy atom. The first kappa shape index (κ1) is 9.36. The van der Waals surface area contributed by atoms with Gasteiger partial charge in [-0.1, -0.05) is 0 Å². The zero-order valence-corrected chi connectivity index (χ0v) is 7.63. The van der Waals surface area contributed by atoms with Crippen LogP contribution >= 0.6 is 12.6 Å². The third-order valence-electron chi connectivity index (χ3n) is 2.62. The first-order valence-electron chi connectivity index (χ1n) is 4.27. The van der Waals surface area contributed by atoms with Gasteiger partial charge < -0.3 is 10.8 Å². The summed E-state index contributed by atoms with van der Waals surface area (Å²) in [6, 6.07) is 0. The van der Waals surface area contributed by atoms with E-state index >= 15 is 0 Å². The molecule has 3 unspecified atom stereocenters. The number of aliphatic hydroxyl groups excluding tert-OH is 1. The molecule has 66 valence electrons. The first-order chi connectivity index (χ1) is 5.27. The van der Waals surface area contributed by atoms with E-state index in [1.807, 2.05) is 0 Å². The summed E-state index contributed by atoms with van der Waals surface area (Å²) >= 11 is 4.42. The fraction of sp³-hybridized carbons (Fsp3) is 1.00. The highest BCUT2D eigenvalue weighted by Gasteiger charge is 2.30. The summed E-state index contributed by atoms with van der Waals surface area (Å²) in [5.41, 5.74) is 5.60. The van der Waals surface area contributed by atoms with Gasteiger partial charge in [0.25, 0.3) is 0 Å². The van der Waals surface area contributed by atoms with E-state index in [2.05, 4.69) is 12.6 Å². The normalized spacial score (nSPS) is 37.9. The number of nitrogens with two attached hydrogens (primary N) is 1. The fourth-order valence-corrected chi connectivity index (χ4v) is 2.53. The van der Waals surface area contributed by atoms with E-state index in [1.54, 1.807) is 0 Å². The van der Waals surface area contributed by atoms with Crippen LogP contribution in [0.1, 0.15) is 19.3 Å². The molecular formula is C8H17NOS. The average Bonchev–Trinajstić information content (AvgIpc) is 2.32. The third-order valence-corrected chi connectivity index (χ3v) is 3.04. The van der Waals surface area contributed by atoms with Crippen molar-refractivity contribution in [2.75, 3.05) is 13.2 Å². The Labute approximate surface area is 73.6 Å². The van der Waals surface area contributed by atoms with E-state index in [4.69, 9.17) is 10.8 Å². The van der Waals surface area contributed by atoms with Gasteiger partial charge in [-0.15, -0.1) is 0 Å². The van der Waals surface area contributed by atoms with Crippen molar-refractivity contribution < 1.29 is 5.11 Å². The maximum atomic E-state index is 8.76. The minimum Gasteiger partial charge on any atom is -0.396 e. The Morgan fingerprint density at radius 3 is 2.55 bits per heavy atom. The van der Waals surface area contributed by atoms with Gasteiger partial charge in [0.15, 0.2) is 0 Å². The topological polar surface area (TPSA) is 46.2 Å². The largest absolute Gasteiger partial charge is 0.396 e. The molecule has 3 heteroatoms.